The van der Waals surface area contributed by atoms with E-state index in [0.717, 1.165) is 22.9 Å². The second kappa shape index (κ2) is 14.9. The smallest absolute Gasteiger partial charge is 0.347 e. The van der Waals surface area contributed by atoms with Crippen molar-refractivity contribution in [2.24, 2.45) is 0 Å². The largest absolute Gasteiger partial charge is 0.493 e. The van der Waals surface area contributed by atoms with Crippen molar-refractivity contribution in [3.8, 4) is 5.88 Å². The molecule has 0 bridgehead atoms. The van der Waals surface area contributed by atoms with Gasteiger partial charge in [0.1, 0.15) is 12.2 Å². The number of nitrogens with zero attached hydrogens (tertiary/aromatic N) is 2. The molecule has 1 unspecified atom stereocenters. The summed E-state index contributed by atoms with van der Waals surface area (Å²) in [6, 6.07) is 27.2. The van der Waals surface area contributed by atoms with E-state index in [0.29, 0.717) is 0 Å². The molecule has 0 spiro atoms. The minimum absolute atomic E-state index is 0.0472. The van der Waals surface area contributed by atoms with Crippen molar-refractivity contribution in [3.63, 3.8) is 0 Å². The van der Waals surface area contributed by atoms with Gasteiger partial charge >= 0.3 is 11.9 Å². The van der Waals surface area contributed by atoms with Crippen LogP contribution in [0.25, 0.3) is 0 Å². The highest BCUT2D eigenvalue weighted by molar-refractivity contribution is 5.97. The summed E-state index contributed by atoms with van der Waals surface area (Å²) in [5, 5.41) is 15.8. The molecule has 43 heavy (non-hydrogen) atoms. The first-order valence-corrected chi connectivity index (χ1v) is 13.5. The molecule has 0 aliphatic heterocycles. The maximum Gasteiger partial charge on any atom is 0.347 e. The van der Waals surface area contributed by atoms with Crippen LogP contribution >= 0.6 is 0 Å². The highest BCUT2D eigenvalue weighted by Gasteiger charge is 2.23. The number of esters is 2. The summed E-state index contributed by atoms with van der Waals surface area (Å²) < 4.78 is 10.2. The van der Waals surface area contributed by atoms with Gasteiger partial charge in [-0.15, -0.1) is 0 Å². The lowest BCUT2D eigenvalue weighted by Crippen LogP contribution is -2.31. The fourth-order valence-electron chi connectivity index (χ4n) is 4.01. The number of aromatic nitrogens is 2. The second-order valence-corrected chi connectivity index (χ2v) is 9.39. The summed E-state index contributed by atoms with van der Waals surface area (Å²) in [6.45, 7) is 1.29. The van der Waals surface area contributed by atoms with E-state index in [-0.39, 0.29) is 25.1 Å². The Morgan fingerprint density at radius 1 is 0.837 bits per heavy atom. The number of aromatic hydroxyl groups is 1. The second-order valence-electron chi connectivity index (χ2n) is 9.39. The van der Waals surface area contributed by atoms with Crippen LogP contribution in [0.1, 0.15) is 57.1 Å². The number of nitrogens with one attached hydrogen (secondary N) is 2. The van der Waals surface area contributed by atoms with Gasteiger partial charge in [-0.25, -0.2) is 9.78 Å². The van der Waals surface area contributed by atoms with E-state index in [1.807, 2.05) is 78.9 Å². The molecule has 220 valence electrons. The van der Waals surface area contributed by atoms with E-state index in [1.54, 1.807) is 12.1 Å². The number of rotatable bonds is 12. The molecular weight excluding hydrogens is 552 g/mol. The van der Waals surface area contributed by atoms with Gasteiger partial charge in [0.25, 0.3) is 11.8 Å². The summed E-state index contributed by atoms with van der Waals surface area (Å²) >= 11 is 0. The van der Waals surface area contributed by atoms with E-state index >= 15 is 0 Å². The highest BCUT2D eigenvalue weighted by atomic mass is 16.6. The van der Waals surface area contributed by atoms with Crippen molar-refractivity contribution in [3.05, 3.63) is 125 Å². The Kier molecular flexibility index (Phi) is 10.5. The molecule has 2 amide bonds. The van der Waals surface area contributed by atoms with Crippen LogP contribution in [0.15, 0.2) is 97.2 Å². The predicted octanol–water partition coefficient (Wildman–Crippen LogP) is 3.50. The Balaban J connectivity index is 1.27. The molecule has 0 saturated heterocycles. The molecule has 0 aliphatic rings. The van der Waals surface area contributed by atoms with Crippen molar-refractivity contribution in [2.45, 2.75) is 32.1 Å². The van der Waals surface area contributed by atoms with Crippen LogP contribution < -0.4 is 10.6 Å². The van der Waals surface area contributed by atoms with Gasteiger partial charge in [-0.2, -0.15) is 4.98 Å². The van der Waals surface area contributed by atoms with Gasteiger partial charge in [-0.05, 0) is 23.6 Å². The van der Waals surface area contributed by atoms with E-state index < -0.39 is 47.6 Å². The van der Waals surface area contributed by atoms with Crippen LogP contribution in [0.5, 0.6) is 5.88 Å². The minimum Gasteiger partial charge on any atom is -0.493 e. The molecule has 1 atom stereocenters. The average Bonchev–Trinajstić information content (AvgIpc) is 3.03. The molecule has 3 aromatic carbocycles. The number of hydrogen-bond donors (Lipinski definition) is 3. The third-order valence-electron chi connectivity index (χ3n) is 6.24. The number of carbonyl (C=O) groups is 4. The quantitative estimate of drug-likeness (QED) is 0.213. The molecule has 11 heteroatoms. The third kappa shape index (κ3) is 8.70. The SMILES string of the molecule is CC(OC(=O)CCNC(=O)c1ncc(C(=O)NC(c2ccccc2)c2ccccc2)c(O)n1)C(=O)OCc1ccccc1. The Morgan fingerprint density at radius 2 is 1.42 bits per heavy atom. The van der Waals surface area contributed by atoms with Gasteiger partial charge in [-0.3, -0.25) is 14.4 Å². The molecule has 11 nitrogen and oxygen atoms in total. The molecule has 0 radical (unpaired) electrons. The van der Waals surface area contributed by atoms with Crippen LogP contribution in [0.4, 0.5) is 0 Å². The lowest BCUT2D eigenvalue weighted by atomic mass is 9.98. The van der Waals surface area contributed by atoms with Gasteiger partial charge in [0.15, 0.2) is 6.10 Å². The molecule has 0 saturated carbocycles. The summed E-state index contributed by atoms with van der Waals surface area (Å²) in [6.07, 6.45) is -0.319. The van der Waals surface area contributed by atoms with Crippen molar-refractivity contribution < 1.29 is 33.8 Å². The fraction of sp³-hybridized carbons (Fsp3) is 0.188. The molecule has 0 fully saturated rings. The zero-order valence-corrected chi connectivity index (χ0v) is 23.3. The number of amides is 2. The van der Waals surface area contributed by atoms with Crippen molar-refractivity contribution in [1.29, 1.82) is 0 Å². The first-order valence-electron chi connectivity index (χ1n) is 13.5. The van der Waals surface area contributed by atoms with Gasteiger partial charge in [0.05, 0.1) is 12.5 Å². The number of hydrogen-bond acceptors (Lipinski definition) is 9. The van der Waals surface area contributed by atoms with E-state index in [1.165, 1.54) is 6.92 Å². The first kappa shape index (κ1) is 30.4. The molecule has 1 heterocycles. The van der Waals surface area contributed by atoms with E-state index in [4.69, 9.17) is 9.47 Å². The summed E-state index contributed by atoms with van der Waals surface area (Å²) in [4.78, 5) is 57.4. The molecular formula is C32H30N4O7. The zero-order chi connectivity index (χ0) is 30.6. The molecule has 4 rings (SSSR count). The van der Waals surface area contributed by atoms with Crippen molar-refractivity contribution in [2.75, 3.05) is 6.54 Å². The number of benzene rings is 3. The van der Waals surface area contributed by atoms with Crippen molar-refractivity contribution >= 4 is 23.8 Å². The van der Waals surface area contributed by atoms with Crippen LogP contribution in [0.3, 0.4) is 0 Å². The maximum absolute atomic E-state index is 13.1. The van der Waals surface area contributed by atoms with Gasteiger partial charge in [0.2, 0.25) is 11.7 Å². The number of ether oxygens (including phenoxy) is 2. The Hall–Kier alpha value is -5.58. The highest BCUT2D eigenvalue weighted by Crippen LogP contribution is 2.23. The number of carbonyl (C=O) groups excluding carboxylic acids is 4. The van der Waals surface area contributed by atoms with Gasteiger partial charge in [0, 0.05) is 12.7 Å². The average molecular weight is 583 g/mol. The summed E-state index contributed by atoms with van der Waals surface area (Å²) in [7, 11) is 0. The monoisotopic (exact) mass is 582 g/mol. The lowest BCUT2D eigenvalue weighted by molar-refractivity contribution is -0.167. The third-order valence-corrected chi connectivity index (χ3v) is 6.24. The van der Waals surface area contributed by atoms with Gasteiger partial charge < -0.3 is 25.2 Å². The Bertz CT molecular complexity index is 1510. The zero-order valence-electron chi connectivity index (χ0n) is 23.3. The fourth-order valence-corrected chi connectivity index (χ4v) is 4.01. The van der Waals surface area contributed by atoms with Crippen molar-refractivity contribution in [1.82, 2.24) is 20.6 Å². The minimum atomic E-state index is -1.13. The maximum atomic E-state index is 13.1. The Morgan fingerprint density at radius 3 is 2.00 bits per heavy atom. The molecule has 4 aromatic rings. The van der Waals surface area contributed by atoms with Gasteiger partial charge in [-0.1, -0.05) is 91.0 Å². The first-order chi connectivity index (χ1) is 20.8. The molecule has 1 aromatic heterocycles. The standard InChI is InChI=1S/C32H30N4O7/c1-21(32(41)42-20-22-11-5-2-6-12-22)43-26(37)17-18-33-31(40)28-34-19-25(30(39)36-28)29(38)35-27(23-13-7-3-8-14-23)24-15-9-4-10-16-24/h2-16,19,21,27H,17-18,20H2,1H3,(H,33,40)(H,35,38)(H,34,36,39). The summed E-state index contributed by atoms with van der Waals surface area (Å²) in [5.74, 6) is -3.93. The predicted molar refractivity (Wildman–Crippen MR) is 155 cm³/mol. The van der Waals surface area contributed by atoms with E-state index in [9.17, 15) is 24.3 Å². The van der Waals surface area contributed by atoms with Crippen LogP contribution in [-0.4, -0.2) is 51.5 Å². The van der Waals surface area contributed by atoms with Crippen LogP contribution in [0.2, 0.25) is 0 Å². The van der Waals surface area contributed by atoms with Crippen LogP contribution in [-0.2, 0) is 25.7 Å². The molecule has 3 N–H and O–H groups in total. The topological polar surface area (TPSA) is 157 Å². The Labute approximate surface area is 247 Å². The van der Waals surface area contributed by atoms with E-state index in [2.05, 4.69) is 20.6 Å². The lowest BCUT2D eigenvalue weighted by Gasteiger charge is -2.20. The molecule has 0 aliphatic carbocycles. The normalized spacial score (nSPS) is 11.3. The summed E-state index contributed by atoms with van der Waals surface area (Å²) in [5.41, 5.74) is 2.23. The van der Waals surface area contributed by atoms with Crippen LogP contribution in [0, 0.1) is 0 Å².